The predicted octanol–water partition coefficient (Wildman–Crippen LogP) is 4.01. The van der Waals surface area contributed by atoms with Gasteiger partial charge in [0.25, 0.3) is 0 Å². The highest BCUT2D eigenvalue weighted by Gasteiger charge is 2.36. The van der Waals surface area contributed by atoms with Crippen LogP contribution in [0.3, 0.4) is 0 Å². The quantitative estimate of drug-likeness (QED) is 0.743. The summed E-state index contributed by atoms with van der Waals surface area (Å²) in [6.45, 7) is 7.77. The molecule has 0 aliphatic heterocycles. The average Bonchev–Trinajstić information content (AvgIpc) is 3.00. The third kappa shape index (κ3) is 4.53. The summed E-state index contributed by atoms with van der Waals surface area (Å²) in [5.41, 5.74) is 1.82. The van der Waals surface area contributed by atoms with Gasteiger partial charge in [-0.2, -0.15) is 5.10 Å². The highest BCUT2D eigenvalue weighted by atomic mass is 16.6. The van der Waals surface area contributed by atoms with Gasteiger partial charge in [-0.1, -0.05) is 19.3 Å². The maximum absolute atomic E-state index is 12.8. The van der Waals surface area contributed by atoms with E-state index in [0.29, 0.717) is 24.8 Å². The van der Waals surface area contributed by atoms with Gasteiger partial charge >= 0.3 is 11.9 Å². The standard InChI is InChI=1S/C21H32N2O4/c1-5-26-19(24)14-11-12-17-16(13-14)18(20(25)27-21(2,3)4)22-23(17)15-9-7-6-8-10-15/h14-15H,5-13H2,1-4H3/t14-/m0/s1. The first-order chi connectivity index (χ1) is 12.8. The van der Waals surface area contributed by atoms with Gasteiger partial charge in [0, 0.05) is 11.3 Å². The Morgan fingerprint density at radius 2 is 1.85 bits per heavy atom. The molecule has 2 aliphatic carbocycles. The summed E-state index contributed by atoms with van der Waals surface area (Å²) >= 11 is 0. The van der Waals surface area contributed by atoms with Crippen LogP contribution in [0.1, 0.15) is 94.0 Å². The number of aromatic nitrogens is 2. The summed E-state index contributed by atoms with van der Waals surface area (Å²) in [7, 11) is 0. The Hall–Kier alpha value is -1.85. The summed E-state index contributed by atoms with van der Waals surface area (Å²) in [5, 5.41) is 4.73. The van der Waals surface area contributed by atoms with Gasteiger partial charge in [0.05, 0.1) is 18.6 Å². The summed E-state index contributed by atoms with van der Waals surface area (Å²) in [6.07, 6.45) is 7.88. The number of fused-ring (bicyclic) bond motifs is 1. The number of esters is 2. The van der Waals surface area contributed by atoms with E-state index < -0.39 is 11.6 Å². The molecule has 0 bridgehead atoms. The molecule has 1 aromatic heterocycles. The van der Waals surface area contributed by atoms with Crippen LogP contribution in [0.25, 0.3) is 0 Å². The lowest BCUT2D eigenvalue weighted by atomic mass is 9.85. The van der Waals surface area contributed by atoms with Crippen LogP contribution in [0, 0.1) is 5.92 Å². The van der Waals surface area contributed by atoms with Crippen LogP contribution in [0.5, 0.6) is 0 Å². The van der Waals surface area contributed by atoms with Crippen LogP contribution in [-0.2, 0) is 27.1 Å². The fourth-order valence-electron chi connectivity index (χ4n) is 4.22. The largest absolute Gasteiger partial charge is 0.466 e. The Labute approximate surface area is 161 Å². The Bertz CT molecular complexity index is 696. The fourth-order valence-corrected chi connectivity index (χ4v) is 4.22. The van der Waals surface area contributed by atoms with E-state index in [1.165, 1.54) is 19.3 Å². The number of hydrogen-bond donors (Lipinski definition) is 0. The number of hydrogen-bond acceptors (Lipinski definition) is 5. The van der Waals surface area contributed by atoms with Gasteiger partial charge in [-0.05, 0) is 59.8 Å². The molecule has 27 heavy (non-hydrogen) atoms. The highest BCUT2D eigenvalue weighted by Crippen LogP contribution is 2.35. The first kappa shape index (κ1) is 19.9. The predicted molar refractivity (Wildman–Crippen MR) is 102 cm³/mol. The van der Waals surface area contributed by atoms with Crippen molar-refractivity contribution in [1.29, 1.82) is 0 Å². The second kappa shape index (κ2) is 8.03. The van der Waals surface area contributed by atoms with E-state index in [9.17, 15) is 9.59 Å². The minimum atomic E-state index is -0.576. The molecule has 150 valence electrons. The number of nitrogens with zero attached hydrogens (tertiary/aromatic N) is 2. The molecule has 1 fully saturated rings. The Morgan fingerprint density at radius 3 is 2.48 bits per heavy atom. The minimum Gasteiger partial charge on any atom is -0.466 e. The molecule has 0 amide bonds. The molecule has 1 heterocycles. The van der Waals surface area contributed by atoms with E-state index in [4.69, 9.17) is 14.6 Å². The Morgan fingerprint density at radius 1 is 1.15 bits per heavy atom. The SMILES string of the molecule is CCOC(=O)[C@H]1CCc2c(c(C(=O)OC(C)(C)C)nn2C2CCCCC2)C1. The van der Waals surface area contributed by atoms with E-state index in [0.717, 1.165) is 36.9 Å². The Kier molecular flexibility index (Phi) is 5.92. The van der Waals surface area contributed by atoms with Crippen LogP contribution in [-0.4, -0.2) is 33.9 Å². The van der Waals surface area contributed by atoms with E-state index in [-0.39, 0.29) is 11.9 Å². The van der Waals surface area contributed by atoms with Crippen LogP contribution >= 0.6 is 0 Å². The van der Waals surface area contributed by atoms with E-state index in [1.54, 1.807) is 0 Å². The van der Waals surface area contributed by atoms with Crippen molar-refractivity contribution in [2.24, 2.45) is 5.92 Å². The molecule has 3 rings (SSSR count). The van der Waals surface area contributed by atoms with Crippen LogP contribution in [0.2, 0.25) is 0 Å². The molecular weight excluding hydrogens is 344 g/mol. The van der Waals surface area contributed by atoms with Crippen molar-refractivity contribution < 1.29 is 19.1 Å². The van der Waals surface area contributed by atoms with Crippen LogP contribution < -0.4 is 0 Å². The zero-order chi connectivity index (χ0) is 19.6. The topological polar surface area (TPSA) is 70.4 Å². The zero-order valence-electron chi connectivity index (χ0n) is 17.0. The monoisotopic (exact) mass is 376 g/mol. The molecule has 6 heteroatoms. The fraction of sp³-hybridized carbons (Fsp3) is 0.762. The maximum atomic E-state index is 12.8. The molecule has 0 spiro atoms. The summed E-state index contributed by atoms with van der Waals surface area (Å²) in [4.78, 5) is 25.1. The van der Waals surface area contributed by atoms with E-state index in [2.05, 4.69) is 4.68 Å². The van der Waals surface area contributed by atoms with Gasteiger partial charge in [-0.15, -0.1) is 0 Å². The van der Waals surface area contributed by atoms with Crippen LogP contribution in [0.15, 0.2) is 0 Å². The average molecular weight is 376 g/mol. The first-order valence-electron chi connectivity index (χ1n) is 10.3. The van der Waals surface area contributed by atoms with Crippen molar-refractivity contribution >= 4 is 11.9 Å². The van der Waals surface area contributed by atoms with Crippen molar-refractivity contribution in [2.45, 2.75) is 90.7 Å². The molecule has 1 aromatic rings. The summed E-state index contributed by atoms with van der Waals surface area (Å²) in [6, 6.07) is 0.350. The lowest BCUT2D eigenvalue weighted by molar-refractivity contribution is -0.148. The van der Waals surface area contributed by atoms with E-state index >= 15 is 0 Å². The number of carbonyl (C=O) groups excluding carboxylic acids is 2. The number of rotatable bonds is 4. The van der Waals surface area contributed by atoms with Crippen molar-refractivity contribution in [3.63, 3.8) is 0 Å². The van der Waals surface area contributed by atoms with Crippen molar-refractivity contribution in [2.75, 3.05) is 6.61 Å². The van der Waals surface area contributed by atoms with Gasteiger partial charge in [-0.3, -0.25) is 9.48 Å². The first-order valence-corrected chi connectivity index (χ1v) is 10.3. The van der Waals surface area contributed by atoms with E-state index in [1.807, 2.05) is 27.7 Å². The van der Waals surface area contributed by atoms with Crippen molar-refractivity contribution in [1.82, 2.24) is 9.78 Å². The van der Waals surface area contributed by atoms with Gasteiger partial charge in [0.15, 0.2) is 5.69 Å². The van der Waals surface area contributed by atoms with Gasteiger partial charge in [0.1, 0.15) is 5.60 Å². The molecule has 0 saturated heterocycles. The minimum absolute atomic E-state index is 0.177. The second-order valence-corrected chi connectivity index (χ2v) is 8.70. The lowest BCUT2D eigenvalue weighted by Gasteiger charge is -2.27. The molecule has 0 N–H and O–H groups in total. The Balaban J connectivity index is 1.93. The summed E-state index contributed by atoms with van der Waals surface area (Å²) in [5.74, 6) is -0.774. The van der Waals surface area contributed by atoms with Gasteiger partial charge in [0.2, 0.25) is 0 Å². The van der Waals surface area contributed by atoms with Gasteiger partial charge in [-0.25, -0.2) is 4.79 Å². The highest BCUT2D eigenvalue weighted by molar-refractivity contribution is 5.90. The maximum Gasteiger partial charge on any atom is 0.359 e. The molecule has 0 unspecified atom stereocenters. The molecule has 1 atom stereocenters. The molecular formula is C21H32N2O4. The third-order valence-electron chi connectivity index (χ3n) is 5.43. The molecule has 6 nitrogen and oxygen atoms in total. The smallest absolute Gasteiger partial charge is 0.359 e. The molecule has 0 aromatic carbocycles. The normalized spacial score (nSPS) is 20.8. The van der Waals surface area contributed by atoms with Crippen LogP contribution in [0.4, 0.5) is 0 Å². The third-order valence-corrected chi connectivity index (χ3v) is 5.43. The summed E-state index contributed by atoms with van der Waals surface area (Å²) < 4.78 is 12.9. The lowest BCUT2D eigenvalue weighted by Crippen LogP contribution is -2.28. The molecule has 1 saturated carbocycles. The molecule has 2 aliphatic rings. The molecule has 0 radical (unpaired) electrons. The second-order valence-electron chi connectivity index (χ2n) is 8.70. The van der Waals surface area contributed by atoms with Crippen molar-refractivity contribution in [3.8, 4) is 0 Å². The van der Waals surface area contributed by atoms with Crippen molar-refractivity contribution in [3.05, 3.63) is 17.0 Å². The zero-order valence-corrected chi connectivity index (χ0v) is 17.0. The number of carbonyl (C=O) groups is 2. The number of ether oxygens (including phenoxy) is 2. The van der Waals surface area contributed by atoms with Gasteiger partial charge < -0.3 is 9.47 Å².